The number of para-hydroxylation sites is 1. The number of benzene rings is 1. The maximum atomic E-state index is 11.3. The highest BCUT2D eigenvalue weighted by Gasteiger charge is 2.29. The number of anilines is 2. The highest BCUT2D eigenvalue weighted by molar-refractivity contribution is 5.70. The zero-order valence-electron chi connectivity index (χ0n) is 14.8. The van der Waals surface area contributed by atoms with E-state index in [9.17, 15) is 9.90 Å². The van der Waals surface area contributed by atoms with Gasteiger partial charge in [-0.15, -0.1) is 0 Å². The average molecular weight is 339 g/mol. The van der Waals surface area contributed by atoms with Crippen LogP contribution >= 0.6 is 0 Å². The fraction of sp³-hybridized carbons (Fsp3) is 0.400. The van der Waals surface area contributed by atoms with Crippen molar-refractivity contribution in [3.05, 3.63) is 54.2 Å². The van der Waals surface area contributed by atoms with Gasteiger partial charge >= 0.3 is 5.97 Å². The lowest BCUT2D eigenvalue weighted by molar-refractivity contribution is -0.144. The predicted molar refractivity (Wildman–Crippen MR) is 99.0 cm³/mol. The van der Waals surface area contributed by atoms with Gasteiger partial charge in [0.25, 0.3) is 0 Å². The summed E-state index contributed by atoms with van der Waals surface area (Å²) in [6.07, 6.45) is 3.59. The van der Waals surface area contributed by atoms with Crippen LogP contribution in [0.25, 0.3) is 0 Å². The number of pyridine rings is 1. The topological polar surface area (TPSA) is 56.7 Å². The zero-order chi connectivity index (χ0) is 17.8. The van der Waals surface area contributed by atoms with Gasteiger partial charge in [-0.3, -0.25) is 9.69 Å². The largest absolute Gasteiger partial charge is 0.481 e. The van der Waals surface area contributed by atoms with E-state index in [1.165, 1.54) is 0 Å². The second-order valence-electron chi connectivity index (χ2n) is 6.81. The van der Waals surface area contributed by atoms with Gasteiger partial charge in [0.1, 0.15) is 5.82 Å². The lowest BCUT2D eigenvalue weighted by Gasteiger charge is -2.36. The molecule has 3 rings (SSSR count). The second-order valence-corrected chi connectivity index (χ2v) is 6.81. The molecule has 0 radical (unpaired) electrons. The minimum Gasteiger partial charge on any atom is -0.481 e. The Bertz CT molecular complexity index is 703. The number of carbonyl (C=O) groups is 1. The van der Waals surface area contributed by atoms with Gasteiger partial charge in [0.2, 0.25) is 0 Å². The third-order valence-corrected chi connectivity index (χ3v) is 5.04. The number of aliphatic carboxylic acids is 1. The number of hydrogen-bond acceptors (Lipinski definition) is 4. The molecule has 1 aliphatic heterocycles. The van der Waals surface area contributed by atoms with Crippen molar-refractivity contribution in [2.75, 3.05) is 18.5 Å². The highest BCUT2D eigenvalue weighted by Crippen LogP contribution is 2.25. The van der Waals surface area contributed by atoms with Crippen LogP contribution in [0.15, 0.2) is 48.7 Å². The standard InChI is InChI=1S/C20H25N3O2/c1-15-8-10-17(20(24)25)14-23(15)13-16-9-11-19(21-12-16)22(2)18-6-4-3-5-7-18/h3-7,9,11-12,15,17H,8,10,13-14H2,1-2H3,(H,24,25). The molecule has 0 spiro atoms. The van der Waals surface area contributed by atoms with Crippen LogP contribution in [-0.2, 0) is 11.3 Å². The van der Waals surface area contributed by atoms with Gasteiger partial charge in [-0.05, 0) is 43.5 Å². The first-order chi connectivity index (χ1) is 12.0. The van der Waals surface area contributed by atoms with Crippen LogP contribution in [0.3, 0.4) is 0 Å². The molecular weight excluding hydrogens is 314 g/mol. The lowest BCUT2D eigenvalue weighted by atomic mass is 9.93. The molecule has 5 heteroatoms. The van der Waals surface area contributed by atoms with Crippen LogP contribution in [0.1, 0.15) is 25.3 Å². The molecule has 1 saturated heterocycles. The molecule has 1 aromatic heterocycles. The Hall–Kier alpha value is -2.40. The normalized spacial score (nSPS) is 21.0. The Kier molecular flexibility index (Phi) is 5.34. The van der Waals surface area contributed by atoms with Crippen molar-refractivity contribution in [2.24, 2.45) is 5.92 Å². The van der Waals surface area contributed by atoms with Crippen LogP contribution < -0.4 is 4.90 Å². The van der Waals surface area contributed by atoms with Crippen molar-refractivity contribution < 1.29 is 9.90 Å². The van der Waals surface area contributed by atoms with E-state index in [0.29, 0.717) is 12.6 Å². The summed E-state index contributed by atoms with van der Waals surface area (Å²) < 4.78 is 0. The molecule has 5 nitrogen and oxygen atoms in total. The first-order valence-electron chi connectivity index (χ1n) is 8.75. The van der Waals surface area contributed by atoms with Gasteiger partial charge < -0.3 is 10.0 Å². The number of aromatic nitrogens is 1. The molecule has 2 heterocycles. The fourth-order valence-corrected chi connectivity index (χ4v) is 3.33. The smallest absolute Gasteiger partial charge is 0.307 e. The molecule has 2 aromatic rings. The molecule has 0 bridgehead atoms. The van der Waals surface area contributed by atoms with Gasteiger partial charge in [0.05, 0.1) is 5.92 Å². The predicted octanol–water partition coefficient (Wildman–Crippen LogP) is 3.53. The number of rotatable bonds is 5. The Balaban J connectivity index is 1.67. The van der Waals surface area contributed by atoms with E-state index in [0.717, 1.165) is 36.5 Å². The molecule has 1 aromatic carbocycles. The first-order valence-corrected chi connectivity index (χ1v) is 8.75. The van der Waals surface area contributed by atoms with E-state index in [2.05, 4.69) is 35.0 Å². The molecule has 25 heavy (non-hydrogen) atoms. The number of hydrogen-bond donors (Lipinski definition) is 1. The lowest BCUT2D eigenvalue weighted by Crippen LogP contribution is -2.43. The summed E-state index contributed by atoms with van der Waals surface area (Å²) in [5.41, 5.74) is 2.21. The molecule has 1 aliphatic rings. The summed E-state index contributed by atoms with van der Waals surface area (Å²) in [6.45, 7) is 3.53. The summed E-state index contributed by atoms with van der Waals surface area (Å²) in [4.78, 5) is 20.2. The third kappa shape index (κ3) is 4.17. The van der Waals surface area contributed by atoms with Gasteiger partial charge in [0.15, 0.2) is 0 Å². The summed E-state index contributed by atoms with van der Waals surface area (Å²) >= 11 is 0. The molecule has 1 N–H and O–H groups in total. The van der Waals surface area contributed by atoms with E-state index in [1.807, 2.05) is 42.4 Å². The third-order valence-electron chi connectivity index (χ3n) is 5.04. The maximum absolute atomic E-state index is 11.3. The minimum atomic E-state index is -0.685. The number of carboxylic acid groups (broad SMARTS) is 1. The van der Waals surface area contributed by atoms with Crippen LogP contribution in [0, 0.1) is 5.92 Å². The molecule has 0 saturated carbocycles. The van der Waals surface area contributed by atoms with E-state index >= 15 is 0 Å². The van der Waals surface area contributed by atoms with Crippen LogP contribution in [0.4, 0.5) is 11.5 Å². The molecule has 0 aliphatic carbocycles. The summed E-state index contributed by atoms with van der Waals surface area (Å²) in [5.74, 6) is -0.0486. The van der Waals surface area contributed by atoms with Crippen LogP contribution in [-0.4, -0.2) is 40.6 Å². The second kappa shape index (κ2) is 7.66. The quantitative estimate of drug-likeness (QED) is 0.903. The minimum absolute atomic E-state index is 0.257. The monoisotopic (exact) mass is 339 g/mol. The van der Waals surface area contributed by atoms with Crippen LogP contribution in [0.2, 0.25) is 0 Å². The molecule has 2 unspecified atom stereocenters. The molecule has 0 amide bonds. The Morgan fingerprint density at radius 3 is 2.64 bits per heavy atom. The Morgan fingerprint density at radius 1 is 1.24 bits per heavy atom. The number of carboxylic acids is 1. The number of piperidine rings is 1. The van der Waals surface area contributed by atoms with Gasteiger partial charge in [-0.1, -0.05) is 24.3 Å². The molecule has 132 valence electrons. The van der Waals surface area contributed by atoms with Gasteiger partial charge in [-0.25, -0.2) is 4.98 Å². The first kappa shape index (κ1) is 17.4. The summed E-state index contributed by atoms with van der Waals surface area (Å²) in [5, 5.41) is 9.27. The summed E-state index contributed by atoms with van der Waals surface area (Å²) in [6, 6.07) is 14.6. The zero-order valence-corrected chi connectivity index (χ0v) is 14.8. The van der Waals surface area contributed by atoms with Gasteiger partial charge in [-0.2, -0.15) is 0 Å². The molecule has 2 atom stereocenters. The van der Waals surface area contributed by atoms with E-state index in [-0.39, 0.29) is 5.92 Å². The average Bonchev–Trinajstić information content (AvgIpc) is 2.64. The van der Waals surface area contributed by atoms with Crippen LogP contribution in [0.5, 0.6) is 0 Å². The van der Waals surface area contributed by atoms with Crippen molar-refractivity contribution in [1.82, 2.24) is 9.88 Å². The van der Waals surface area contributed by atoms with E-state index < -0.39 is 5.97 Å². The highest BCUT2D eigenvalue weighted by atomic mass is 16.4. The molecule has 1 fully saturated rings. The number of nitrogens with zero attached hydrogens (tertiary/aromatic N) is 3. The van der Waals surface area contributed by atoms with Crippen molar-refractivity contribution in [3.8, 4) is 0 Å². The van der Waals surface area contributed by atoms with Gasteiger partial charge in [0, 0.05) is 38.1 Å². The summed E-state index contributed by atoms with van der Waals surface area (Å²) in [7, 11) is 2.00. The Labute approximate surface area is 148 Å². The number of likely N-dealkylation sites (tertiary alicyclic amines) is 1. The molecular formula is C20H25N3O2. The van der Waals surface area contributed by atoms with Crippen molar-refractivity contribution in [1.29, 1.82) is 0 Å². The van der Waals surface area contributed by atoms with Crippen molar-refractivity contribution >= 4 is 17.5 Å². The van der Waals surface area contributed by atoms with Crippen molar-refractivity contribution in [3.63, 3.8) is 0 Å². The Morgan fingerprint density at radius 2 is 2.00 bits per heavy atom. The SMILES string of the molecule is CC1CCC(C(=O)O)CN1Cc1ccc(N(C)c2ccccc2)nc1. The maximum Gasteiger partial charge on any atom is 0.307 e. The van der Waals surface area contributed by atoms with Crippen molar-refractivity contribution in [2.45, 2.75) is 32.4 Å². The van der Waals surface area contributed by atoms with E-state index in [1.54, 1.807) is 0 Å². The van der Waals surface area contributed by atoms with E-state index in [4.69, 9.17) is 0 Å². The fourth-order valence-electron chi connectivity index (χ4n) is 3.33.